The van der Waals surface area contributed by atoms with Crippen LogP contribution in [0.1, 0.15) is 453 Å². The molecule has 4 unspecified atom stereocenters. The van der Waals surface area contributed by atoms with Crippen molar-refractivity contribution in [1.82, 2.24) is 0 Å². The van der Waals surface area contributed by atoms with Crippen LogP contribution in [-0.4, -0.2) is 96.7 Å². The Labute approximate surface area is 651 Å². The van der Waals surface area contributed by atoms with Crippen molar-refractivity contribution in [2.75, 3.05) is 39.6 Å². The molecule has 7 atom stereocenters. The van der Waals surface area contributed by atoms with Crippen molar-refractivity contribution in [1.29, 1.82) is 0 Å². The van der Waals surface area contributed by atoms with Gasteiger partial charge in [-0.15, -0.1) is 0 Å². The zero-order valence-corrected chi connectivity index (χ0v) is 71.9. The summed E-state index contributed by atoms with van der Waals surface area (Å²) in [6.45, 7) is 14.3. The van der Waals surface area contributed by atoms with E-state index in [0.717, 1.165) is 114 Å². The number of phosphoric acid groups is 2. The van der Waals surface area contributed by atoms with Gasteiger partial charge in [-0.25, -0.2) is 9.13 Å². The van der Waals surface area contributed by atoms with Crippen molar-refractivity contribution in [2.45, 2.75) is 472 Å². The minimum absolute atomic E-state index is 0.106. The van der Waals surface area contributed by atoms with E-state index >= 15 is 0 Å². The van der Waals surface area contributed by atoms with Crippen molar-refractivity contribution < 1.29 is 80.2 Å². The fourth-order valence-electron chi connectivity index (χ4n) is 13.4. The van der Waals surface area contributed by atoms with Gasteiger partial charge in [-0.2, -0.15) is 0 Å². The molecule has 0 rings (SSSR count). The molecule has 0 amide bonds. The van der Waals surface area contributed by atoms with Gasteiger partial charge in [-0.05, 0) is 49.4 Å². The third-order valence-corrected chi connectivity index (χ3v) is 22.9. The van der Waals surface area contributed by atoms with Gasteiger partial charge in [0.2, 0.25) is 0 Å². The molecule has 3 N–H and O–H groups in total. The molecule has 106 heavy (non-hydrogen) atoms. The molecule has 0 bridgehead atoms. The van der Waals surface area contributed by atoms with E-state index in [1.807, 2.05) is 0 Å². The average molecular weight is 1550 g/mol. The highest BCUT2D eigenvalue weighted by Crippen LogP contribution is 2.45. The Hall–Kier alpha value is -1.94. The summed E-state index contributed by atoms with van der Waals surface area (Å²) in [6.07, 6.45) is 65.5. The molecule has 0 aliphatic rings. The number of phosphoric ester groups is 2. The fourth-order valence-corrected chi connectivity index (χ4v) is 15.0. The molecule has 0 heterocycles. The molecule has 0 aromatic carbocycles. The van der Waals surface area contributed by atoms with Crippen LogP contribution in [0, 0.1) is 23.7 Å². The molecule has 0 aromatic rings. The Morgan fingerprint density at radius 2 is 0.453 bits per heavy atom. The minimum atomic E-state index is -4.96. The summed E-state index contributed by atoms with van der Waals surface area (Å²) in [4.78, 5) is 73.1. The lowest BCUT2D eigenvalue weighted by Crippen LogP contribution is -2.30. The molecular formula is C87H170O17P2. The molecule has 0 aromatic heterocycles. The lowest BCUT2D eigenvalue weighted by atomic mass is 9.99. The standard InChI is InChI=1S/C87H170O17P2/c1-9-79(7)65-57-49-40-34-27-23-19-15-11-13-17-21-25-29-36-42-51-59-67-84(89)97-73-82(103-87(92)70-62-54-44-38-32-31-33-39-47-55-63-77(3)4)75-101-105(93,94)99-71-81(88)72-100-106(95,96)102-76-83(74-98-85(90)68-60-52-46-45-48-56-64-78(5)6)104-86(91)69-61-53-43-37-30-26-22-18-14-12-16-20-24-28-35-41-50-58-66-80(8)10-2/h77-83,88H,9-76H2,1-8H3,(H,93,94)(H,95,96)/t79?,80?,81-,82-,83-/m1/s1. The van der Waals surface area contributed by atoms with E-state index in [9.17, 15) is 43.2 Å². The SMILES string of the molecule is CCC(C)CCCCCCCCCCCCCCCCCCCCC(=O)OC[C@H](COP(=O)(O)OC[C@@H](O)COP(=O)(O)OC[C@@H](COC(=O)CCCCCCCCC(C)C)OC(=O)CCCCCCCCCCCCCCCCCCCCC(C)CC)OC(=O)CCCCCCCCCCCCC(C)C. The number of aliphatic hydroxyl groups is 1. The van der Waals surface area contributed by atoms with E-state index in [1.165, 1.54) is 250 Å². The molecule has 0 aliphatic heterocycles. The first kappa shape index (κ1) is 104. The first-order valence-electron chi connectivity index (χ1n) is 44.8. The van der Waals surface area contributed by atoms with Gasteiger partial charge < -0.3 is 33.8 Å². The molecule has 630 valence electrons. The summed E-state index contributed by atoms with van der Waals surface area (Å²) in [5.74, 6) is 1.07. The maximum Gasteiger partial charge on any atom is 0.472 e. The second-order valence-corrected chi connectivity index (χ2v) is 35.6. The Morgan fingerprint density at radius 1 is 0.264 bits per heavy atom. The van der Waals surface area contributed by atoms with Gasteiger partial charge in [-0.3, -0.25) is 37.3 Å². The smallest absolute Gasteiger partial charge is 0.462 e. The van der Waals surface area contributed by atoms with E-state index in [4.69, 9.17) is 37.0 Å². The van der Waals surface area contributed by atoms with Crippen LogP contribution < -0.4 is 0 Å². The van der Waals surface area contributed by atoms with Crippen LogP contribution in [0.15, 0.2) is 0 Å². The van der Waals surface area contributed by atoms with Gasteiger partial charge in [0.05, 0.1) is 26.4 Å². The van der Waals surface area contributed by atoms with Gasteiger partial charge in [-0.1, -0.05) is 402 Å². The van der Waals surface area contributed by atoms with E-state index in [1.54, 1.807) is 0 Å². The van der Waals surface area contributed by atoms with Gasteiger partial charge in [0, 0.05) is 25.7 Å². The highest BCUT2D eigenvalue weighted by molar-refractivity contribution is 7.47. The summed E-state index contributed by atoms with van der Waals surface area (Å²) in [5.41, 5.74) is 0. The number of esters is 4. The monoisotopic (exact) mass is 1550 g/mol. The van der Waals surface area contributed by atoms with Gasteiger partial charge in [0.25, 0.3) is 0 Å². The van der Waals surface area contributed by atoms with Crippen molar-refractivity contribution >= 4 is 39.5 Å². The molecule has 19 heteroatoms. The summed E-state index contributed by atoms with van der Waals surface area (Å²) in [7, 11) is -9.93. The summed E-state index contributed by atoms with van der Waals surface area (Å²) >= 11 is 0. The van der Waals surface area contributed by atoms with Gasteiger partial charge >= 0.3 is 39.5 Å². The summed E-state index contributed by atoms with van der Waals surface area (Å²) in [5, 5.41) is 10.7. The number of carbonyl (C=O) groups excluding carboxylic acids is 4. The fraction of sp³-hybridized carbons (Fsp3) is 0.954. The topological polar surface area (TPSA) is 237 Å². The third-order valence-electron chi connectivity index (χ3n) is 21.0. The summed E-state index contributed by atoms with van der Waals surface area (Å²) < 4.78 is 68.8. The number of ether oxygens (including phenoxy) is 4. The van der Waals surface area contributed by atoms with Crippen LogP contribution in [0.4, 0.5) is 0 Å². The van der Waals surface area contributed by atoms with Gasteiger partial charge in [0.1, 0.15) is 19.3 Å². The predicted octanol–water partition coefficient (Wildman–Crippen LogP) is 26.3. The zero-order chi connectivity index (χ0) is 78.1. The zero-order valence-electron chi connectivity index (χ0n) is 70.1. The van der Waals surface area contributed by atoms with Crippen molar-refractivity contribution in [3.8, 4) is 0 Å². The second-order valence-electron chi connectivity index (χ2n) is 32.7. The number of aliphatic hydroxyl groups excluding tert-OH is 1. The quantitative estimate of drug-likeness (QED) is 0.0222. The highest BCUT2D eigenvalue weighted by Gasteiger charge is 2.31. The van der Waals surface area contributed by atoms with Crippen LogP contribution in [0.2, 0.25) is 0 Å². The highest BCUT2D eigenvalue weighted by atomic mass is 31.2. The molecular weight excluding hydrogens is 1380 g/mol. The van der Waals surface area contributed by atoms with Crippen LogP contribution in [0.25, 0.3) is 0 Å². The Bertz CT molecular complexity index is 2060. The van der Waals surface area contributed by atoms with E-state index in [-0.39, 0.29) is 25.7 Å². The normalized spacial score (nSPS) is 14.4. The second kappa shape index (κ2) is 75.7. The molecule has 0 saturated heterocycles. The molecule has 0 fully saturated rings. The summed E-state index contributed by atoms with van der Waals surface area (Å²) in [6, 6.07) is 0. The molecule has 0 aliphatic carbocycles. The third kappa shape index (κ3) is 77.4. The Morgan fingerprint density at radius 3 is 0.670 bits per heavy atom. The molecule has 0 radical (unpaired) electrons. The molecule has 17 nitrogen and oxygen atoms in total. The van der Waals surface area contributed by atoms with Crippen molar-refractivity contribution in [3.05, 3.63) is 0 Å². The molecule has 0 spiro atoms. The Balaban J connectivity index is 5.13. The first-order valence-corrected chi connectivity index (χ1v) is 47.8. The van der Waals surface area contributed by atoms with Gasteiger partial charge in [0.15, 0.2) is 12.2 Å². The van der Waals surface area contributed by atoms with Crippen LogP contribution in [-0.2, 0) is 65.4 Å². The van der Waals surface area contributed by atoms with E-state index in [2.05, 4.69) is 55.4 Å². The number of hydrogen-bond acceptors (Lipinski definition) is 15. The number of rotatable bonds is 84. The number of hydrogen-bond donors (Lipinski definition) is 3. The first-order chi connectivity index (χ1) is 51.2. The molecule has 0 saturated carbocycles. The van der Waals surface area contributed by atoms with Crippen molar-refractivity contribution in [2.24, 2.45) is 23.7 Å². The van der Waals surface area contributed by atoms with E-state index < -0.39 is 97.5 Å². The maximum atomic E-state index is 13.1. The predicted molar refractivity (Wildman–Crippen MR) is 437 cm³/mol. The average Bonchev–Trinajstić information content (AvgIpc) is 0.905. The number of carbonyl (C=O) groups is 4. The van der Waals surface area contributed by atoms with Crippen LogP contribution in [0.3, 0.4) is 0 Å². The Kier molecular flexibility index (Phi) is 74.3. The maximum absolute atomic E-state index is 13.1. The van der Waals surface area contributed by atoms with Crippen molar-refractivity contribution in [3.63, 3.8) is 0 Å². The van der Waals surface area contributed by atoms with Crippen LogP contribution >= 0.6 is 15.6 Å². The lowest BCUT2D eigenvalue weighted by molar-refractivity contribution is -0.161. The minimum Gasteiger partial charge on any atom is -0.462 e. The lowest BCUT2D eigenvalue weighted by Gasteiger charge is -2.21. The largest absolute Gasteiger partial charge is 0.472 e. The number of unbranched alkanes of at least 4 members (excludes halogenated alkanes) is 48. The van der Waals surface area contributed by atoms with E-state index in [0.29, 0.717) is 31.6 Å². The van der Waals surface area contributed by atoms with Crippen LogP contribution in [0.5, 0.6) is 0 Å².